The molecule has 0 aliphatic heterocycles. The topological polar surface area (TPSA) is 67.4 Å². The van der Waals surface area contributed by atoms with Gasteiger partial charge in [-0.05, 0) is 13.8 Å². The van der Waals surface area contributed by atoms with Gasteiger partial charge in [-0.25, -0.2) is 9.13 Å². The van der Waals surface area contributed by atoms with Crippen molar-refractivity contribution in [3.63, 3.8) is 0 Å². The van der Waals surface area contributed by atoms with E-state index in [9.17, 15) is 9.90 Å². The molecule has 21 heavy (non-hydrogen) atoms. The Labute approximate surface area is 126 Å². The number of nitrogens with zero attached hydrogens (tertiary/aromatic N) is 2. The molecule has 0 saturated heterocycles. The maximum Gasteiger partial charge on any atom is 0.244 e. The van der Waals surface area contributed by atoms with Crippen LogP contribution in [0.1, 0.15) is 20.3 Å². The van der Waals surface area contributed by atoms with Crippen LogP contribution in [0.5, 0.6) is 0 Å². The predicted octanol–water partition coefficient (Wildman–Crippen LogP) is 0.161. The molecule has 0 aliphatic carbocycles. The lowest BCUT2D eigenvalue weighted by Gasteiger charge is -2.04. The van der Waals surface area contributed by atoms with Crippen molar-refractivity contribution in [2.45, 2.75) is 33.4 Å². The molecule has 1 heterocycles. The molecule has 0 aromatic carbocycles. The first kappa shape index (κ1) is 19.3. The Balaban J connectivity index is 0.000000382. The molecule has 6 nitrogen and oxygen atoms in total. The lowest BCUT2D eigenvalue weighted by Crippen LogP contribution is -2.29. The highest BCUT2D eigenvalue weighted by Crippen LogP contribution is 1.82. The van der Waals surface area contributed by atoms with E-state index in [0.29, 0.717) is 19.8 Å². The van der Waals surface area contributed by atoms with Crippen LogP contribution >= 0.6 is 0 Å². The highest BCUT2D eigenvalue weighted by atomic mass is 16.5. The third-order valence-corrected chi connectivity index (χ3v) is 2.48. The quantitative estimate of drug-likeness (QED) is 0.351. The zero-order valence-corrected chi connectivity index (χ0v) is 13.0. The summed E-state index contributed by atoms with van der Waals surface area (Å²) < 4.78 is 14.1. The van der Waals surface area contributed by atoms with Gasteiger partial charge in [-0.15, -0.1) is 0 Å². The van der Waals surface area contributed by atoms with E-state index < -0.39 is 5.97 Å². The van der Waals surface area contributed by atoms with Crippen molar-refractivity contribution in [3.8, 4) is 0 Å². The Morgan fingerprint density at radius 1 is 1.33 bits per heavy atom. The second kappa shape index (κ2) is 13.3. The van der Waals surface area contributed by atoms with Crippen molar-refractivity contribution in [1.29, 1.82) is 0 Å². The fourth-order valence-electron chi connectivity index (χ4n) is 1.40. The van der Waals surface area contributed by atoms with Crippen molar-refractivity contribution in [3.05, 3.63) is 31.4 Å². The van der Waals surface area contributed by atoms with Crippen LogP contribution in [0.4, 0.5) is 0 Å². The van der Waals surface area contributed by atoms with Crippen LogP contribution in [0.25, 0.3) is 0 Å². The summed E-state index contributed by atoms with van der Waals surface area (Å²) in [5, 5.41) is 9.87. The SMILES string of the molecule is C=CC[n+]1ccn(CC)c1.CCOCCOCCC(=O)[O-]. The van der Waals surface area contributed by atoms with Crippen LogP contribution in [-0.4, -0.2) is 37.0 Å². The normalized spacial score (nSPS) is 9.81. The monoisotopic (exact) mass is 298 g/mol. The second-order valence-electron chi connectivity index (χ2n) is 4.16. The molecular formula is C15H26N2O4. The number of rotatable bonds is 10. The third kappa shape index (κ3) is 11.8. The molecule has 0 spiro atoms. The molecule has 0 saturated carbocycles. The van der Waals surface area contributed by atoms with Gasteiger partial charge < -0.3 is 19.4 Å². The number of hydrogen-bond donors (Lipinski definition) is 0. The number of ether oxygens (including phenoxy) is 2. The number of aliphatic carboxylic acids is 1. The first-order valence-corrected chi connectivity index (χ1v) is 7.15. The molecule has 0 amide bonds. The first-order chi connectivity index (χ1) is 10.1. The summed E-state index contributed by atoms with van der Waals surface area (Å²) in [6.07, 6.45) is 8.02. The lowest BCUT2D eigenvalue weighted by molar-refractivity contribution is -0.686. The number of imidazole rings is 1. The number of carboxylic acid groups (broad SMARTS) is 1. The second-order valence-corrected chi connectivity index (χ2v) is 4.16. The van der Waals surface area contributed by atoms with Gasteiger partial charge in [-0.2, -0.15) is 0 Å². The molecule has 0 fully saturated rings. The summed E-state index contributed by atoms with van der Waals surface area (Å²) in [6, 6.07) is 0. The first-order valence-electron chi connectivity index (χ1n) is 7.15. The van der Waals surface area contributed by atoms with Crippen LogP contribution in [-0.2, 0) is 27.4 Å². The van der Waals surface area contributed by atoms with Crippen molar-refractivity contribution in [1.82, 2.24) is 4.57 Å². The maximum absolute atomic E-state index is 9.87. The maximum atomic E-state index is 9.87. The van der Waals surface area contributed by atoms with Gasteiger partial charge in [0.1, 0.15) is 18.9 Å². The van der Waals surface area contributed by atoms with E-state index in [1.165, 1.54) is 0 Å². The van der Waals surface area contributed by atoms with Gasteiger partial charge in [-0.3, -0.25) is 0 Å². The van der Waals surface area contributed by atoms with E-state index in [1.807, 2.05) is 19.2 Å². The van der Waals surface area contributed by atoms with Gasteiger partial charge in [0.15, 0.2) is 0 Å². The molecule has 0 bridgehead atoms. The summed E-state index contributed by atoms with van der Waals surface area (Å²) in [4.78, 5) is 9.87. The number of carbonyl (C=O) groups is 1. The van der Waals surface area contributed by atoms with Gasteiger partial charge in [0, 0.05) is 19.0 Å². The molecular weight excluding hydrogens is 272 g/mol. The van der Waals surface area contributed by atoms with Crippen molar-refractivity contribution < 1.29 is 23.9 Å². The Kier molecular flexibility index (Phi) is 12.3. The highest BCUT2D eigenvalue weighted by molar-refractivity contribution is 5.64. The average molecular weight is 298 g/mol. The standard InChI is InChI=1S/C8H13N2.C7H14O4/c1-3-5-10-7-6-9(4-2)8-10;1-2-10-5-6-11-4-3-7(8)9/h3,6-8H,1,4-5H2,2H3;2-6H2,1H3,(H,8,9)/q+1;/p-1. The van der Waals surface area contributed by atoms with Crippen molar-refractivity contribution in [2.75, 3.05) is 26.4 Å². The van der Waals surface area contributed by atoms with Crippen LogP contribution in [0, 0.1) is 0 Å². The van der Waals surface area contributed by atoms with E-state index in [1.54, 1.807) is 0 Å². The summed E-state index contributed by atoms with van der Waals surface area (Å²) >= 11 is 0. The van der Waals surface area contributed by atoms with Crippen molar-refractivity contribution >= 4 is 5.97 Å². The number of allylic oxidation sites excluding steroid dienone is 1. The molecule has 120 valence electrons. The molecule has 0 aliphatic rings. The third-order valence-electron chi connectivity index (χ3n) is 2.48. The van der Waals surface area contributed by atoms with E-state index in [4.69, 9.17) is 9.47 Å². The average Bonchev–Trinajstić information content (AvgIpc) is 2.91. The molecule has 6 heteroatoms. The number of hydrogen-bond acceptors (Lipinski definition) is 4. The number of aromatic nitrogens is 2. The number of aryl methyl sites for hydroxylation is 1. The van der Waals surface area contributed by atoms with Gasteiger partial charge in [0.05, 0.1) is 26.4 Å². The predicted molar refractivity (Wildman–Crippen MR) is 77.4 cm³/mol. The zero-order chi connectivity index (χ0) is 15.9. The van der Waals surface area contributed by atoms with Gasteiger partial charge >= 0.3 is 0 Å². The summed E-state index contributed by atoms with van der Waals surface area (Å²) in [5.41, 5.74) is 0. The number of carbonyl (C=O) groups excluding carboxylic acids is 1. The van der Waals surface area contributed by atoms with Crippen LogP contribution in [0.3, 0.4) is 0 Å². The van der Waals surface area contributed by atoms with E-state index in [0.717, 1.165) is 13.1 Å². The Bertz CT molecular complexity index is 391. The van der Waals surface area contributed by atoms with Crippen LogP contribution in [0.2, 0.25) is 0 Å². The molecule has 1 aromatic rings. The van der Waals surface area contributed by atoms with Gasteiger partial charge in [0.2, 0.25) is 6.33 Å². The minimum atomic E-state index is -1.08. The molecule has 1 aromatic heterocycles. The number of carboxylic acids is 1. The smallest absolute Gasteiger partial charge is 0.244 e. The van der Waals surface area contributed by atoms with E-state index in [-0.39, 0.29) is 13.0 Å². The summed E-state index contributed by atoms with van der Waals surface area (Å²) in [5.74, 6) is -1.08. The van der Waals surface area contributed by atoms with Gasteiger partial charge in [0.25, 0.3) is 0 Å². The van der Waals surface area contributed by atoms with Crippen LogP contribution < -0.4 is 9.67 Å². The molecule has 0 atom stereocenters. The minimum absolute atomic E-state index is 0.0495. The summed E-state index contributed by atoms with van der Waals surface area (Å²) in [7, 11) is 0. The van der Waals surface area contributed by atoms with Crippen molar-refractivity contribution in [2.24, 2.45) is 0 Å². The molecule has 0 unspecified atom stereocenters. The van der Waals surface area contributed by atoms with Crippen LogP contribution in [0.15, 0.2) is 31.4 Å². The summed E-state index contributed by atoms with van der Waals surface area (Å²) in [6.45, 7) is 11.4. The van der Waals surface area contributed by atoms with Gasteiger partial charge in [-0.1, -0.05) is 12.7 Å². The fraction of sp³-hybridized carbons (Fsp3) is 0.600. The fourth-order valence-corrected chi connectivity index (χ4v) is 1.40. The molecule has 1 rings (SSSR count). The van der Waals surface area contributed by atoms with E-state index >= 15 is 0 Å². The highest BCUT2D eigenvalue weighted by Gasteiger charge is 1.96. The molecule has 0 N–H and O–H groups in total. The Morgan fingerprint density at radius 3 is 2.57 bits per heavy atom. The Hall–Kier alpha value is -1.66. The Morgan fingerprint density at radius 2 is 2.05 bits per heavy atom. The minimum Gasteiger partial charge on any atom is -0.550 e. The largest absolute Gasteiger partial charge is 0.550 e. The molecule has 0 radical (unpaired) electrons. The van der Waals surface area contributed by atoms with E-state index in [2.05, 4.69) is 35.2 Å². The lowest BCUT2D eigenvalue weighted by atomic mass is 10.5. The zero-order valence-electron chi connectivity index (χ0n) is 13.0.